The van der Waals surface area contributed by atoms with Crippen molar-refractivity contribution in [2.75, 3.05) is 18.5 Å². The van der Waals surface area contributed by atoms with Crippen LogP contribution in [-0.4, -0.2) is 18.6 Å². The van der Waals surface area contributed by atoms with Crippen LogP contribution in [0.4, 0.5) is 10.2 Å². The predicted octanol–water partition coefficient (Wildman–Crippen LogP) is 3.62. The fourth-order valence-corrected chi connectivity index (χ4v) is 2.43. The van der Waals surface area contributed by atoms with Gasteiger partial charge in [0, 0.05) is 26.3 Å². The highest BCUT2D eigenvalue weighted by Gasteiger charge is 2.09. The van der Waals surface area contributed by atoms with Crippen LogP contribution >= 0.6 is 11.6 Å². The molecule has 5 heteroatoms. The van der Waals surface area contributed by atoms with Crippen molar-refractivity contribution < 1.29 is 4.39 Å². The first kappa shape index (κ1) is 15.7. The van der Waals surface area contributed by atoms with Gasteiger partial charge in [-0.2, -0.15) is 0 Å². The summed E-state index contributed by atoms with van der Waals surface area (Å²) in [5.74, 6) is 0.460. The second-order valence-corrected chi connectivity index (χ2v) is 5.32. The van der Waals surface area contributed by atoms with Gasteiger partial charge in [-0.1, -0.05) is 30.7 Å². The van der Waals surface area contributed by atoms with Crippen molar-refractivity contribution in [3.8, 4) is 0 Å². The largest absolute Gasteiger partial charge is 0.354 e. The fraction of sp³-hybridized carbons (Fsp3) is 0.312. The molecule has 0 saturated heterocycles. The van der Waals surface area contributed by atoms with Gasteiger partial charge in [0.2, 0.25) is 0 Å². The molecule has 0 spiro atoms. The zero-order chi connectivity index (χ0) is 15.2. The summed E-state index contributed by atoms with van der Waals surface area (Å²) in [6.45, 7) is 4.25. The number of halogens is 2. The first-order valence-electron chi connectivity index (χ1n) is 6.91. The van der Waals surface area contributed by atoms with E-state index in [4.69, 9.17) is 11.6 Å². The van der Waals surface area contributed by atoms with E-state index in [1.807, 2.05) is 30.3 Å². The Bertz CT molecular complexity index is 604. The predicted molar refractivity (Wildman–Crippen MR) is 85.1 cm³/mol. The van der Waals surface area contributed by atoms with E-state index in [0.29, 0.717) is 17.4 Å². The minimum absolute atomic E-state index is 0.235. The number of pyridine rings is 1. The molecule has 1 N–H and O–H groups in total. The molecule has 112 valence electrons. The normalized spacial score (nSPS) is 10.7. The Kier molecular flexibility index (Phi) is 5.53. The molecule has 1 aromatic heterocycles. The molecule has 21 heavy (non-hydrogen) atoms. The number of hydrogen-bond donors (Lipinski definition) is 1. The zero-order valence-corrected chi connectivity index (χ0v) is 13.0. The highest BCUT2D eigenvalue weighted by atomic mass is 35.5. The molecule has 1 aromatic carbocycles. The maximum atomic E-state index is 13.2. The molecule has 0 aliphatic rings. The summed E-state index contributed by atoms with van der Waals surface area (Å²) < 4.78 is 13.2. The van der Waals surface area contributed by atoms with Crippen molar-refractivity contribution in [1.29, 1.82) is 0 Å². The van der Waals surface area contributed by atoms with Crippen molar-refractivity contribution in [3.63, 3.8) is 0 Å². The average molecular weight is 308 g/mol. The van der Waals surface area contributed by atoms with Gasteiger partial charge >= 0.3 is 0 Å². The van der Waals surface area contributed by atoms with Gasteiger partial charge in [0.1, 0.15) is 11.6 Å². The molecule has 2 rings (SSSR count). The van der Waals surface area contributed by atoms with E-state index in [-0.39, 0.29) is 5.82 Å². The highest BCUT2D eigenvalue weighted by Crippen LogP contribution is 2.24. The maximum absolute atomic E-state index is 13.2. The van der Waals surface area contributed by atoms with Crippen LogP contribution < -0.4 is 10.2 Å². The van der Waals surface area contributed by atoms with Crippen molar-refractivity contribution in [2.24, 2.45) is 0 Å². The molecule has 0 fully saturated rings. The van der Waals surface area contributed by atoms with Gasteiger partial charge in [-0.3, -0.25) is 0 Å². The third-order valence-electron chi connectivity index (χ3n) is 3.13. The van der Waals surface area contributed by atoms with Crippen LogP contribution in [0.25, 0.3) is 0 Å². The zero-order valence-electron chi connectivity index (χ0n) is 12.2. The van der Waals surface area contributed by atoms with Crippen molar-refractivity contribution in [2.45, 2.75) is 20.0 Å². The minimum Gasteiger partial charge on any atom is -0.354 e. The summed E-state index contributed by atoms with van der Waals surface area (Å²) in [4.78, 5) is 6.32. The molecule has 0 radical (unpaired) electrons. The second-order valence-electron chi connectivity index (χ2n) is 4.92. The summed E-state index contributed by atoms with van der Waals surface area (Å²) in [5.41, 5.74) is 1.93. The van der Waals surface area contributed by atoms with Crippen molar-refractivity contribution in [3.05, 3.63) is 58.5 Å². The van der Waals surface area contributed by atoms with Crippen LogP contribution in [0.2, 0.25) is 5.02 Å². The molecule has 0 aliphatic carbocycles. The Balaban J connectivity index is 2.10. The molecule has 0 aliphatic heterocycles. The number of nitrogens with zero attached hydrogens (tertiary/aromatic N) is 2. The van der Waals surface area contributed by atoms with Crippen LogP contribution in [0.3, 0.4) is 0 Å². The van der Waals surface area contributed by atoms with Gasteiger partial charge in [-0.05, 0) is 35.9 Å². The third-order valence-corrected chi connectivity index (χ3v) is 3.41. The number of hydrogen-bond acceptors (Lipinski definition) is 3. The average Bonchev–Trinajstić information content (AvgIpc) is 2.45. The van der Waals surface area contributed by atoms with Crippen molar-refractivity contribution >= 4 is 17.4 Å². The summed E-state index contributed by atoms with van der Waals surface area (Å²) in [5, 5.41) is 3.83. The van der Waals surface area contributed by atoms with Gasteiger partial charge in [0.15, 0.2) is 0 Å². The molecule has 3 nitrogen and oxygen atoms in total. The first-order chi connectivity index (χ1) is 10.1. The molecule has 1 heterocycles. The lowest BCUT2D eigenvalue weighted by Crippen LogP contribution is -2.19. The van der Waals surface area contributed by atoms with E-state index in [1.54, 1.807) is 6.07 Å². The lowest BCUT2D eigenvalue weighted by molar-refractivity contribution is 0.625. The quantitative estimate of drug-likeness (QED) is 0.883. The Morgan fingerprint density at radius 3 is 2.76 bits per heavy atom. The van der Waals surface area contributed by atoms with Gasteiger partial charge in [0.25, 0.3) is 0 Å². The van der Waals surface area contributed by atoms with Gasteiger partial charge in [-0.25, -0.2) is 9.37 Å². The Morgan fingerprint density at radius 2 is 2.10 bits per heavy atom. The number of aromatic nitrogens is 1. The topological polar surface area (TPSA) is 28.2 Å². The molecular weight excluding hydrogens is 289 g/mol. The van der Waals surface area contributed by atoms with Gasteiger partial charge in [-0.15, -0.1) is 0 Å². The van der Waals surface area contributed by atoms with E-state index in [9.17, 15) is 4.39 Å². The van der Waals surface area contributed by atoms with E-state index >= 15 is 0 Å². The lowest BCUT2D eigenvalue weighted by Gasteiger charge is -2.20. The Hall–Kier alpha value is -1.65. The van der Waals surface area contributed by atoms with Crippen LogP contribution in [0.5, 0.6) is 0 Å². The van der Waals surface area contributed by atoms with Crippen LogP contribution in [0, 0.1) is 5.82 Å². The smallest absolute Gasteiger partial charge is 0.147 e. The SMILES string of the molecule is CCNCc1cnc(N(C)Cc2cccc(F)c2)c(Cl)c1. The lowest BCUT2D eigenvalue weighted by atomic mass is 10.2. The number of benzene rings is 1. The number of anilines is 1. The molecule has 0 bridgehead atoms. The molecule has 2 aromatic rings. The molecular formula is C16H19ClFN3. The van der Waals surface area contributed by atoms with E-state index in [1.165, 1.54) is 12.1 Å². The Morgan fingerprint density at radius 1 is 1.29 bits per heavy atom. The van der Waals surface area contributed by atoms with Crippen LogP contribution in [-0.2, 0) is 13.1 Å². The molecule has 0 amide bonds. The summed E-state index contributed by atoms with van der Waals surface area (Å²) in [6, 6.07) is 8.45. The van der Waals surface area contributed by atoms with Crippen LogP contribution in [0.15, 0.2) is 36.5 Å². The summed E-state index contributed by atoms with van der Waals surface area (Å²) in [6.07, 6.45) is 1.81. The maximum Gasteiger partial charge on any atom is 0.147 e. The molecule has 0 unspecified atom stereocenters. The van der Waals surface area contributed by atoms with Crippen molar-refractivity contribution in [1.82, 2.24) is 10.3 Å². The summed E-state index contributed by atoms with van der Waals surface area (Å²) in [7, 11) is 1.89. The number of nitrogens with one attached hydrogen (secondary N) is 1. The fourth-order valence-electron chi connectivity index (χ4n) is 2.10. The van der Waals surface area contributed by atoms with E-state index < -0.39 is 0 Å². The summed E-state index contributed by atoms with van der Waals surface area (Å²) >= 11 is 6.29. The number of rotatable bonds is 6. The standard InChI is InChI=1S/C16H19ClFN3/c1-3-19-9-13-8-15(17)16(20-10-13)21(2)11-12-5-4-6-14(18)7-12/h4-8,10,19H,3,9,11H2,1-2H3. The van der Waals surface area contributed by atoms with Crippen LogP contribution in [0.1, 0.15) is 18.1 Å². The molecule has 0 saturated carbocycles. The van der Waals surface area contributed by atoms with Gasteiger partial charge < -0.3 is 10.2 Å². The highest BCUT2D eigenvalue weighted by molar-refractivity contribution is 6.33. The monoisotopic (exact) mass is 307 g/mol. The first-order valence-corrected chi connectivity index (χ1v) is 7.28. The second kappa shape index (κ2) is 7.38. The Labute approximate surface area is 129 Å². The van der Waals surface area contributed by atoms with E-state index in [0.717, 1.165) is 24.2 Å². The molecule has 0 atom stereocenters. The van der Waals surface area contributed by atoms with E-state index in [2.05, 4.69) is 17.2 Å². The third kappa shape index (κ3) is 4.41. The van der Waals surface area contributed by atoms with Gasteiger partial charge in [0.05, 0.1) is 5.02 Å². The minimum atomic E-state index is -0.235.